The maximum absolute atomic E-state index is 13.1. The smallest absolute Gasteiger partial charge is 0.257 e. The zero-order chi connectivity index (χ0) is 17.3. The van der Waals surface area contributed by atoms with Crippen LogP contribution in [0.2, 0.25) is 0 Å². The Morgan fingerprint density at radius 3 is 2.84 bits per heavy atom. The van der Waals surface area contributed by atoms with Crippen molar-refractivity contribution in [3.63, 3.8) is 0 Å². The van der Waals surface area contributed by atoms with Crippen molar-refractivity contribution in [1.82, 2.24) is 19.6 Å². The van der Waals surface area contributed by atoms with E-state index in [1.807, 2.05) is 4.68 Å². The summed E-state index contributed by atoms with van der Waals surface area (Å²) in [6.45, 7) is 5.11. The number of aromatic nitrogens is 2. The minimum absolute atomic E-state index is 0.0199. The molecule has 3 aliphatic rings. The lowest BCUT2D eigenvalue weighted by Crippen LogP contribution is -2.53. The molecule has 0 saturated carbocycles. The highest BCUT2D eigenvalue weighted by atomic mass is 16.5. The first kappa shape index (κ1) is 17.0. The number of likely N-dealkylation sites (tertiary alicyclic amines) is 1. The van der Waals surface area contributed by atoms with E-state index >= 15 is 0 Å². The summed E-state index contributed by atoms with van der Waals surface area (Å²) >= 11 is 0. The average molecular weight is 348 g/mol. The zero-order valence-corrected chi connectivity index (χ0v) is 14.8. The third-order valence-electron chi connectivity index (χ3n) is 5.58. The van der Waals surface area contributed by atoms with Crippen LogP contribution in [-0.2, 0) is 17.7 Å². The number of amides is 1. The minimum atomic E-state index is -0.996. The molecule has 1 amide bonds. The van der Waals surface area contributed by atoms with Gasteiger partial charge in [0.05, 0.1) is 37.2 Å². The van der Waals surface area contributed by atoms with Gasteiger partial charge in [-0.15, -0.1) is 0 Å². The highest BCUT2D eigenvalue weighted by Crippen LogP contribution is 2.23. The number of aliphatic hydroxyl groups is 1. The Bertz CT molecular complexity index is 626. The molecule has 0 aliphatic carbocycles. The van der Waals surface area contributed by atoms with Crippen LogP contribution < -0.4 is 0 Å². The van der Waals surface area contributed by atoms with Crippen molar-refractivity contribution >= 4 is 5.91 Å². The zero-order valence-electron chi connectivity index (χ0n) is 14.8. The first-order chi connectivity index (χ1) is 12.1. The van der Waals surface area contributed by atoms with Crippen molar-refractivity contribution in [1.29, 1.82) is 0 Å². The Balaban J connectivity index is 1.50. The number of hydrogen-bond donors (Lipinski definition) is 1. The van der Waals surface area contributed by atoms with Crippen LogP contribution in [0.25, 0.3) is 0 Å². The number of hydrogen-bond acceptors (Lipinski definition) is 5. The van der Waals surface area contributed by atoms with Crippen molar-refractivity contribution in [2.45, 2.75) is 44.2 Å². The van der Waals surface area contributed by atoms with E-state index < -0.39 is 5.60 Å². The molecule has 1 N–H and O–H groups in total. The molecule has 0 bridgehead atoms. The highest BCUT2D eigenvalue weighted by molar-refractivity contribution is 5.95. The summed E-state index contributed by atoms with van der Waals surface area (Å²) in [5.41, 5.74) is 0.749. The summed E-state index contributed by atoms with van der Waals surface area (Å²) in [7, 11) is 0. The molecule has 0 radical (unpaired) electrons. The summed E-state index contributed by atoms with van der Waals surface area (Å²) in [6.07, 6.45) is 7.20. The molecule has 3 aliphatic heterocycles. The van der Waals surface area contributed by atoms with Gasteiger partial charge in [-0.05, 0) is 45.2 Å². The third kappa shape index (κ3) is 3.59. The van der Waals surface area contributed by atoms with Crippen LogP contribution in [0.3, 0.4) is 0 Å². The highest BCUT2D eigenvalue weighted by Gasteiger charge is 2.37. The Kier molecular flexibility index (Phi) is 4.80. The number of carbonyl (C=O) groups is 1. The first-order valence-corrected chi connectivity index (χ1v) is 9.51. The van der Waals surface area contributed by atoms with Gasteiger partial charge in [0.1, 0.15) is 5.60 Å². The maximum Gasteiger partial charge on any atom is 0.257 e. The Morgan fingerprint density at radius 2 is 2.00 bits per heavy atom. The Labute approximate surface area is 148 Å². The molecule has 2 fully saturated rings. The van der Waals surface area contributed by atoms with E-state index in [4.69, 9.17) is 4.74 Å². The van der Waals surface area contributed by atoms with Gasteiger partial charge in [-0.2, -0.15) is 5.10 Å². The van der Waals surface area contributed by atoms with Crippen LogP contribution in [0, 0.1) is 0 Å². The van der Waals surface area contributed by atoms with E-state index in [0.717, 1.165) is 44.6 Å². The summed E-state index contributed by atoms with van der Waals surface area (Å²) in [4.78, 5) is 17.1. The molecule has 1 aromatic rings. The molecule has 0 spiro atoms. The van der Waals surface area contributed by atoms with Gasteiger partial charge in [-0.1, -0.05) is 0 Å². The summed E-state index contributed by atoms with van der Waals surface area (Å²) in [5, 5.41) is 15.5. The predicted octanol–water partition coefficient (Wildman–Crippen LogP) is 0.519. The molecular weight excluding hydrogens is 320 g/mol. The first-order valence-electron chi connectivity index (χ1n) is 9.51. The molecule has 7 heteroatoms. The number of carbonyl (C=O) groups excluding carboxylic acids is 1. The second-order valence-corrected chi connectivity index (χ2v) is 7.67. The van der Waals surface area contributed by atoms with Gasteiger partial charge in [0.2, 0.25) is 0 Å². The lowest BCUT2D eigenvalue weighted by molar-refractivity contribution is -0.0524. The van der Waals surface area contributed by atoms with Crippen molar-refractivity contribution < 1.29 is 14.6 Å². The summed E-state index contributed by atoms with van der Waals surface area (Å²) in [6, 6.07) is 0. The minimum Gasteiger partial charge on any atom is -0.384 e. The molecule has 4 rings (SSSR count). The van der Waals surface area contributed by atoms with Crippen LogP contribution in [0.15, 0.2) is 6.20 Å². The lowest BCUT2D eigenvalue weighted by Gasteiger charge is -2.34. The number of rotatable bonds is 3. The number of aryl methyl sites for hydroxylation is 1. The summed E-state index contributed by atoms with van der Waals surface area (Å²) in [5.74, 6) is -0.0199. The fourth-order valence-corrected chi connectivity index (χ4v) is 4.31. The molecular formula is C18H28N4O3. The topological polar surface area (TPSA) is 70.8 Å². The summed E-state index contributed by atoms with van der Waals surface area (Å²) < 4.78 is 7.60. The number of fused-ring (bicyclic) bond motifs is 1. The standard InChI is InChI=1S/C18H28N4O3/c23-17(15-11-19-22-8-2-1-5-16(15)22)21-9-10-25-14-18(24,13-21)12-20-6-3-4-7-20/h11,24H,1-10,12-14H2/t18-/m1/s1. The van der Waals surface area contributed by atoms with Crippen LogP contribution in [-0.4, -0.2) is 82.1 Å². The van der Waals surface area contributed by atoms with Gasteiger partial charge in [-0.25, -0.2) is 0 Å². The van der Waals surface area contributed by atoms with E-state index in [9.17, 15) is 9.90 Å². The molecule has 138 valence electrons. The normalized spacial score (nSPS) is 28.0. The van der Waals surface area contributed by atoms with Crippen LogP contribution >= 0.6 is 0 Å². The van der Waals surface area contributed by atoms with E-state index in [1.54, 1.807) is 11.1 Å². The third-order valence-corrected chi connectivity index (χ3v) is 5.58. The van der Waals surface area contributed by atoms with Gasteiger partial charge < -0.3 is 19.6 Å². The van der Waals surface area contributed by atoms with E-state index in [0.29, 0.717) is 38.4 Å². The molecule has 1 aromatic heterocycles. The van der Waals surface area contributed by atoms with E-state index in [-0.39, 0.29) is 5.91 Å². The average Bonchev–Trinajstić information content (AvgIpc) is 3.22. The molecule has 2 saturated heterocycles. The molecule has 25 heavy (non-hydrogen) atoms. The Hall–Kier alpha value is -1.44. The van der Waals surface area contributed by atoms with Crippen molar-refractivity contribution in [2.24, 2.45) is 0 Å². The second-order valence-electron chi connectivity index (χ2n) is 7.67. The Morgan fingerprint density at radius 1 is 1.20 bits per heavy atom. The van der Waals surface area contributed by atoms with Gasteiger partial charge in [0.15, 0.2) is 0 Å². The largest absolute Gasteiger partial charge is 0.384 e. The molecule has 4 heterocycles. The number of nitrogens with zero attached hydrogens (tertiary/aromatic N) is 4. The fourth-order valence-electron chi connectivity index (χ4n) is 4.31. The predicted molar refractivity (Wildman–Crippen MR) is 92.5 cm³/mol. The number of ether oxygens (including phenoxy) is 1. The van der Waals surface area contributed by atoms with E-state index in [2.05, 4.69) is 10.00 Å². The van der Waals surface area contributed by atoms with Crippen LogP contribution in [0.1, 0.15) is 41.7 Å². The van der Waals surface area contributed by atoms with Crippen LogP contribution in [0.5, 0.6) is 0 Å². The van der Waals surface area contributed by atoms with Crippen molar-refractivity contribution in [3.05, 3.63) is 17.5 Å². The SMILES string of the molecule is O=C(c1cnn2c1CCCC2)N1CCOC[C@@](O)(CN2CCCC2)C1. The van der Waals surface area contributed by atoms with Gasteiger partial charge in [-0.3, -0.25) is 9.48 Å². The second kappa shape index (κ2) is 7.05. The maximum atomic E-state index is 13.1. The fraction of sp³-hybridized carbons (Fsp3) is 0.778. The number of β-amino-alcohol motifs (C(OH)–C–C–N with tert-alkyl or cyclic N) is 1. The van der Waals surface area contributed by atoms with Gasteiger partial charge >= 0.3 is 0 Å². The quantitative estimate of drug-likeness (QED) is 0.862. The van der Waals surface area contributed by atoms with Gasteiger partial charge in [0, 0.05) is 19.6 Å². The van der Waals surface area contributed by atoms with Crippen molar-refractivity contribution in [3.8, 4) is 0 Å². The van der Waals surface area contributed by atoms with E-state index in [1.165, 1.54) is 12.8 Å². The molecule has 1 atom stereocenters. The molecule has 0 aromatic carbocycles. The molecule has 7 nitrogen and oxygen atoms in total. The monoisotopic (exact) mass is 348 g/mol. The van der Waals surface area contributed by atoms with Gasteiger partial charge in [0.25, 0.3) is 5.91 Å². The van der Waals surface area contributed by atoms with Crippen LogP contribution in [0.4, 0.5) is 0 Å². The van der Waals surface area contributed by atoms with Crippen molar-refractivity contribution in [2.75, 3.05) is 45.9 Å². The molecule has 0 unspecified atom stereocenters. The lowest BCUT2D eigenvalue weighted by atomic mass is 10.0.